The van der Waals surface area contributed by atoms with Crippen molar-refractivity contribution in [1.82, 2.24) is 20.1 Å². The SMILES string of the molecule is Cn1ncnc1CCNCc1csc(Br)c1. The zero-order chi connectivity index (χ0) is 11.4. The molecule has 0 aliphatic carbocycles. The van der Waals surface area contributed by atoms with E-state index in [0.29, 0.717) is 0 Å². The minimum atomic E-state index is 0.903. The van der Waals surface area contributed by atoms with Crippen LogP contribution in [0.5, 0.6) is 0 Å². The molecular weight excluding hydrogens is 288 g/mol. The van der Waals surface area contributed by atoms with Gasteiger partial charge in [-0.2, -0.15) is 5.10 Å². The highest BCUT2D eigenvalue weighted by Gasteiger charge is 2.00. The Morgan fingerprint density at radius 3 is 3.06 bits per heavy atom. The van der Waals surface area contributed by atoms with Gasteiger partial charge < -0.3 is 5.32 Å². The molecule has 0 bridgehead atoms. The predicted molar refractivity (Wildman–Crippen MR) is 68.4 cm³/mol. The van der Waals surface area contributed by atoms with Gasteiger partial charge in [-0.05, 0) is 32.9 Å². The molecule has 0 spiro atoms. The Morgan fingerprint density at radius 2 is 2.44 bits per heavy atom. The molecule has 4 nitrogen and oxygen atoms in total. The number of hydrogen-bond acceptors (Lipinski definition) is 4. The van der Waals surface area contributed by atoms with E-state index in [2.05, 4.69) is 42.8 Å². The van der Waals surface area contributed by atoms with E-state index in [1.165, 1.54) is 9.35 Å². The highest BCUT2D eigenvalue weighted by atomic mass is 79.9. The van der Waals surface area contributed by atoms with Crippen LogP contribution in [0.3, 0.4) is 0 Å². The highest BCUT2D eigenvalue weighted by molar-refractivity contribution is 9.11. The molecular formula is C10H13BrN4S. The third-order valence-electron chi connectivity index (χ3n) is 2.28. The molecule has 0 atom stereocenters. The average molecular weight is 301 g/mol. The zero-order valence-corrected chi connectivity index (χ0v) is 11.4. The molecule has 6 heteroatoms. The van der Waals surface area contributed by atoms with Crippen molar-refractivity contribution in [2.24, 2.45) is 7.05 Å². The van der Waals surface area contributed by atoms with Crippen molar-refractivity contribution in [3.8, 4) is 0 Å². The molecule has 2 rings (SSSR count). The Morgan fingerprint density at radius 1 is 1.56 bits per heavy atom. The fraction of sp³-hybridized carbons (Fsp3) is 0.400. The summed E-state index contributed by atoms with van der Waals surface area (Å²) in [6.45, 7) is 1.82. The molecule has 2 aromatic rings. The number of hydrogen-bond donors (Lipinski definition) is 1. The molecule has 0 fully saturated rings. The summed E-state index contributed by atoms with van der Waals surface area (Å²) in [6, 6.07) is 2.14. The van der Waals surface area contributed by atoms with Crippen LogP contribution in [0, 0.1) is 0 Å². The lowest BCUT2D eigenvalue weighted by atomic mass is 10.3. The van der Waals surface area contributed by atoms with E-state index in [9.17, 15) is 0 Å². The number of thiophene rings is 1. The van der Waals surface area contributed by atoms with Gasteiger partial charge in [-0.15, -0.1) is 11.3 Å². The first kappa shape index (κ1) is 11.8. The van der Waals surface area contributed by atoms with Gasteiger partial charge in [0.2, 0.25) is 0 Å². The average Bonchev–Trinajstić information content (AvgIpc) is 2.83. The van der Waals surface area contributed by atoms with Crippen LogP contribution in [0.1, 0.15) is 11.4 Å². The highest BCUT2D eigenvalue weighted by Crippen LogP contribution is 2.20. The smallest absolute Gasteiger partial charge is 0.138 e. The Labute approximate surface area is 107 Å². The first-order valence-corrected chi connectivity index (χ1v) is 6.69. The maximum atomic E-state index is 4.17. The number of aryl methyl sites for hydroxylation is 1. The monoisotopic (exact) mass is 300 g/mol. The number of nitrogens with zero attached hydrogens (tertiary/aromatic N) is 3. The minimum Gasteiger partial charge on any atom is -0.312 e. The molecule has 0 amide bonds. The standard InChI is InChI=1S/C10H13BrN4S/c1-15-10(13-7-14-15)2-3-12-5-8-4-9(11)16-6-8/h4,6-7,12H,2-3,5H2,1H3. The number of halogens is 1. The number of aromatic nitrogens is 3. The van der Waals surface area contributed by atoms with E-state index in [4.69, 9.17) is 0 Å². The Balaban J connectivity index is 1.71. The first-order chi connectivity index (χ1) is 7.75. The zero-order valence-electron chi connectivity index (χ0n) is 8.98. The van der Waals surface area contributed by atoms with Gasteiger partial charge in [0.1, 0.15) is 12.2 Å². The summed E-state index contributed by atoms with van der Waals surface area (Å²) in [6.07, 6.45) is 2.49. The fourth-order valence-corrected chi connectivity index (χ4v) is 2.63. The molecule has 86 valence electrons. The molecule has 0 saturated carbocycles. The fourth-order valence-electron chi connectivity index (χ4n) is 1.42. The lowest BCUT2D eigenvalue weighted by Gasteiger charge is -2.02. The van der Waals surface area contributed by atoms with Gasteiger partial charge >= 0.3 is 0 Å². The summed E-state index contributed by atoms with van der Waals surface area (Å²) < 4.78 is 2.99. The van der Waals surface area contributed by atoms with Crippen LogP contribution in [0.4, 0.5) is 0 Å². The summed E-state index contributed by atoms with van der Waals surface area (Å²) in [5, 5.41) is 9.57. The lowest BCUT2D eigenvalue weighted by molar-refractivity contribution is 0.634. The van der Waals surface area contributed by atoms with Crippen LogP contribution < -0.4 is 5.32 Å². The molecule has 2 aromatic heterocycles. The van der Waals surface area contributed by atoms with Crippen molar-refractivity contribution in [3.63, 3.8) is 0 Å². The molecule has 16 heavy (non-hydrogen) atoms. The van der Waals surface area contributed by atoms with Crippen molar-refractivity contribution < 1.29 is 0 Å². The Kier molecular flexibility index (Phi) is 4.09. The third kappa shape index (κ3) is 3.13. The molecule has 2 heterocycles. The maximum Gasteiger partial charge on any atom is 0.138 e. The summed E-state index contributed by atoms with van der Waals surface area (Å²) >= 11 is 5.16. The summed E-state index contributed by atoms with van der Waals surface area (Å²) in [7, 11) is 1.92. The largest absolute Gasteiger partial charge is 0.312 e. The van der Waals surface area contributed by atoms with E-state index >= 15 is 0 Å². The van der Waals surface area contributed by atoms with E-state index in [0.717, 1.165) is 25.3 Å². The van der Waals surface area contributed by atoms with Crippen molar-refractivity contribution in [2.75, 3.05) is 6.54 Å². The van der Waals surface area contributed by atoms with Crippen molar-refractivity contribution in [3.05, 3.63) is 32.9 Å². The van der Waals surface area contributed by atoms with Crippen LogP contribution >= 0.6 is 27.3 Å². The molecule has 1 N–H and O–H groups in total. The molecule has 0 radical (unpaired) electrons. The van der Waals surface area contributed by atoms with Crippen LogP contribution in [-0.4, -0.2) is 21.3 Å². The Hall–Kier alpha value is -0.720. The lowest BCUT2D eigenvalue weighted by Crippen LogP contribution is -2.18. The summed E-state index contributed by atoms with van der Waals surface area (Å²) in [5.74, 6) is 1.01. The number of nitrogens with one attached hydrogen (secondary N) is 1. The van der Waals surface area contributed by atoms with Crippen LogP contribution in [-0.2, 0) is 20.0 Å². The predicted octanol–water partition coefficient (Wildman–Crippen LogP) is 1.97. The van der Waals surface area contributed by atoms with E-state index < -0.39 is 0 Å². The van der Waals surface area contributed by atoms with Gasteiger partial charge in [-0.3, -0.25) is 4.68 Å². The van der Waals surface area contributed by atoms with Crippen LogP contribution in [0.15, 0.2) is 21.6 Å². The van der Waals surface area contributed by atoms with Gasteiger partial charge in [0.15, 0.2) is 0 Å². The topological polar surface area (TPSA) is 42.7 Å². The van der Waals surface area contributed by atoms with E-state index in [-0.39, 0.29) is 0 Å². The van der Waals surface area contributed by atoms with Crippen LogP contribution in [0.2, 0.25) is 0 Å². The maximum absolute atomic E-state index is 4.17. The van der Waals surface area contributed by atoms with Gasteiger partial charge in [0, 0.05) is 26.6 Å². The normalized spacial score (nSPS) is 10.9. The summed E-state index contributed by atoms with van der Waals surface area (Å²) in [5.41, 5.74) is 1.31. The summed E-state index contributed by atoms with van der Waals surface area (Å²) in [4.78, 5) is 4.17. The minimum absolute atomic E-state index is 0.903. The Bertz CT molecular complexity index is 451. The first-order valence-electron chi connectivity index (χ1n) is 5.02. The van der Waals surface area contributed by atoms with Crippen LogP contribution in [0.25, 0.3) is 0 Å². The van der Waals surface area contributed by atoms with Gasteiger partial charge in [0.25, 0.3) is 0 Å². The van der Waals surface area contributed by atoms with E-state index in [1.807, 2.05) is 11.7 Å². The molecule has 0 aromatic carbocycles. The number of rotatable bonds is 5. The van der Waals surface area contributed by atoms with Crippen molar-refractivity contribution in [1.29, 1.82) is 0 Å². The second-order valence-electron chi connectivity index (χ2n) is 3.49. The second kappa shape index (κ2) is 5.56. The molecule has 0 aliphatic heterocycles. The van der Waals surface area contributed by atoms with Gasteiger partial charge in [0.05, 0.1) is 3.79 Å². The van der Waals surface area contributed by atoms with Gasteiger partial charge in [-0.25, -0.2) is 4.98 Å². The van der Waals surface area contributed by atoms with Crippen molar-refractivity contribution >= 4 is 27.3 Å². The van der Waals surface area contributed by atoms with E-state index in [1.54, 1.807) is 17.7 Å². The second-order valence-corrected chi connectivity index (χ2v) is 5.78. The molecule has 0 unspecified atom stereocenters. The quantitative estimate of drug-likeness (QED) is 0.859. The molecule has 0 saturated heterocycles. The van der Waals surface area contributed by atoms with Crippen molar-refractivity contribution in [2.45, 2.75) is 13.0 Å². The third-order valence-corrected chi connectivity index (χ3v) is 3.83. The molecule has 0 aliphatic rings. The van der Waals surface area contributed by atoms with Gasteiger partial charge in [-0.1, -0.05) is 0 Å².